The van der Waals surface area contributed by atoms with Crippen LogP contribution in [0.5, 0.6) is 0 Å². The Kier molecular flexibility index (Phi) is 7.65. The van der Waals surface area contributed by atoms with Crippen LogP contribution in [0.25, 0.3) is 0 Å². The molecule has 0 aromatic carbocycles. The highest BCUT2D eigenvalue weighted by molar-refractivity contribution is 5.77. The lowest BCUT2D eigenvalue weighted by Crippen LogP contribution is -2.47. The number of likely N-dealkylation sites (tertiary alicyclic amines) is 1. The van der Waals surface area contributed by atoms with Crippen LogP contribution in [-0.2, 0) is 4.79 Å². The fraction of sp³-hybridized carbons (Fsp3) is 0.875. The van der Waals surface area contributed by atoms with Crippen LogP contribution in [0.4, 0.5) is 4.79 Å². The highest BCUT2D eigenvalue weighted by atomic mass is 16.2. The van der Waals surface area contributed by atoms with Crippen molar-refractivity contribution in [2.24, 2.45) is 17.6 Å². The van der Waals surface area contributed by atoms with Crippen molar-refractivity contribution in [3.63, 3.8) is 0 Å². The number of carbonyl (C=O) groups excluding carboxylic acids is 2. The molecule has 0 radical (unpaired) electrons. The van der Waals surface area contributed by atoms with Crippen LogP contribution in [0, 0.1) is 11.8 Å². The number of nitrogens with two attached hydrogens (primary N) is 1. The van der Waals surface area contributed by atoms with Gasteiger partial charge in [-0.15, -0.1) is 0 Å². The van der Waals surface area contributed by atoms with E-state index in [-0.39, 0.29) is 23.9 Å². The molecule has 0 aromatic rings. The first kappa shape index (κ1) is 18.7. The van der Waals surface area contributed by atoms with Gasteiger partial charge in [-0.05, 0) is 31.6 Å². The molecule has 2 unspecified atom stereocenters. The molecule has 3 amide bonds. The summed E-state index contributed by atoms with van der Waals surface area (Å²) in [4.78, 5) is 27.9. The molecule has 1 aliphatic heterocycles. The molecule has 6 heteroatoms. The smallest absolute Gasteiger partial charge is 0.317 e. The van der Waals surface area contributed by atoms with Crippen LogP contribution in [0.1, 0.15) is 40.0 Å². The zero-order valence-electron chi connectivity index (χ0n) is 14.5. The zero-order chi connectivity index (χ0) is 16.7. The Hall–Kier alpha value is -1.30. The number of likely N-dealkylation sites (N-methyl/N-ethyl adjacent to an activating group) is 1. The number of rotatable bonds is 6. The number of nitrogens with zero attached hydrogens (tertiary/aromatic N) is 2. The second-order valence-electron chi connectivity index (χ2n) is 6.83. The first-order valence-electron chi connectivity index (χ1n) is 8.33. The highest BCUT2D eigenvalue weighted by Gasteiger charge is 2.27. The van der Waals surface area contributed by atoms with E-state index in [4.69, 9.17) is 5.73 Å². The summed E-state index contributed by atoms with van der Waals surface area (Å²) >= 11 is 0. The van der Waals surface area contributed by atoms with Crippen LogP contribution in [0.2, 0.25) is 0 Å². The zero-order valence-corrected chi connectivity index (χ0v) is 14.5. The fourth-order valence-electron chi connectivity index (χ4n) is 2.61. The Bertz CT molecular complexity index is 373. The standard InChI is InChI=1S/C16H32N4O2/c1-12(2)10-18-16(22)20-7-5-6-14(11-20)8-15(21)19(4)13(3)9-17/h12-14H,5-11,17H2,1-4H3,(H,18,22). The molecule has 1 rings (SSSR count). The molecule has 2 atom stereocenters. The summed E-state index contributed by atoms with van der Waals surface area (Å²) in [6.45, 7) is 8.71. The molecule has 6 nitrogen and oxygen atoms in total. The van der Waals surface area contributed by atoms with E-state index in [0.717, 1.165) is 19.4 Å². The summed E-state index contributed by atoms with van der Waals surface area (Å²) < 4.78 is 0. The third kappa shape index (κ3) is 5.83. The molecule has 3 N–H and O–H groups in total. The average molecular weight is 312 g/mol. The minimum Gasteiger partial charge on any atom is -0.342 e. The van der Waals surface area contributed by atoms with Crippen molar-refractivity contribution in [2.75, 3.05) is 33.2 Å². The van der Waals surface area contributed by atoms with Gasteiger partial charge in [0.15, 0.2) is 0 Å². The molecule has 0 spiro atoms. The second kappa shape index (κ2) is 8.98. The van der Waals surface area contributed by atoms with Gasteiger partial charge in [0, 0.05) is 45.7 Å². The van der Waals surface area contributed by atoms with E-state index >= 15 is 0 Å². The van der Waals surface area contributed by atoms with Crippen molar-refractivity contribution >= 4 is 11.9 Å². The van der Waals surface area contributed by atoms with Gasteiger partial charge >= 0.3 is 6.03 Å². The van der Waals surface area contributed by atoms with E-state index in [1.807, 2.05) is 11.8 Å². The van der Waals surface area contributed by atoms with Crippen LogP contribution in [-0.4, -0.2) is 61.0 Å². The number of carbonyl (C=O) groups is 2. The van der Waals surface area contributed by atoms with Gasteiger partial charge in [-0.25, -0.2) is 4.79 Å². The molecule has 22 heavy (non-hydrogen) atoms. The van der Waals surface area contributed by atoms with Crippen LogP contribution in [0.3, 0.4) is 0 Å². The third-order valence-corrected chi connectivity index (χ3v) is 4.33. The summed E-state index contributed by atoms with van der Waals surface area (Å²) in [5, 5.41) is 2.95. The number of hydrogen-bond acceptors (Lipinski definition) is 3. The summed E-state index contributed by atoms with van der Waals surface area (Å²) in [7, 11) is 1.80. The van der Waals surface area contributed by atoms with Crippen LogP contribution >= 0.6 is 0 Å². The van der Waals surface area contributed by atoms with Crippen molar-refractivity contribution in [3.8, 4) is 0 Å². The van der Waals surface area contributed by atoms with Gasteiger partial charge in [0.05, 0.1) is 0 Å². The molecule has 0 bridgehead atoms. The van der Waals surface area contributed by atoms with Crippen molar-refractivity contribution in [1.82, 2.24) is 15.1 Å². The van der Waals surface area contributed by atoms with E-state index in [1.54, 1.807) is 11.9 Å². The number of hydrogen-bond donors (Lipinski definition) is 2. The van der Waals surface area contributed by atoms with Gasteiger partial charge < -0.3 is 20.9 Å². The number of urea groups is 1. The fourth-order valence-corrected chi connectivity index (χ4v) is 2.61. The van der Waals surface area contributed by atoms with Crippen LogP contribution in [0.15, 0.2) is 0 Å². The number of piperidine rings is 1. The minimum absolute atomic E-state index is 0.00506. The lowest BCUT2D eigenvalue weighted by molar-refractivity contribution is -0.132. The summed E-state index contributed by atoms with van der Waals surface area (Å²) in [5.74, 6) is 0.809. The van der Waals surface area contributed by atoms with E-state index in [9.17, 15) is 9.59 Å². The monoisotopic (exact) mass is 312 g/mol. The normalized spacial score (nSPS) is 19.9. The van der Waals surface area contributed by atoms with Gasteiger partial charge in [0.1, 0.15) is 0 Å². The quantitative estimate of drug-likeness (QED) is 0.775. The molecule has 1 aliphatic rings. The van der Waals surface area contributed by atoms with Crippen LogP contribution < -0.4 is 11.1 Å². The predicted molar refractivity (Wildman–Crippen MR) is 88.4 cm³/mol. The lowest BCUT2D eigenvalue weighted by Gasteiger charge is -2.34. The number of amides is 3. The molecule has 128 valence electrons. The topological polar surface area (TPSA) is 78.7 Å². The Labute approximate surface area is 134 Å². The number of nitrogens with one attached hydrogen (secondary N) is 1. The molecule has 1 fully saturated rings. The molecule has 1 saturated heterocycles. The SMILES string of the molecule is CC(C)CNC(=O)N1CCCC(CC(=O)N(C)C(C)CN)C1. The van der Waals surface area contributed by atoms with Crippen molar-refractivity contribution in [3.05, 3.63) is 0 Å². The van der Waals surface area contributed by atoms with E-state index in [0.29, 0.717) is 32.0 Å². The maximum atomic E-state index is 12.3. The largest absolute Gasteiger partial charge is 0.342 e. The Morgan fingerprint density at radius 1 is 1.36 bits per heavy atom. The highest BCUT2D eigenvalue weighted by Crippen LogP contribution is 2.20. The molecule has 1 heterocycles. The summed E-state index contributed by atoms with van der Waals surface area (Å²) in [6.07, 6.45) is 2.46. The molecule has 0 saturated carbocycles. The van der Waals surface area contributed by atoms with Crippen molar-refractivity contribution in [1.29, 1.82) is 0 Å². The van der Waals surface area contributed by atoms with Gasteiger partial charge in [-0.3, -0.25) is 4.79 Å². The molecular formula is C16H32N4O2. The second-order valence-corrected chi connectivity index (χ2v) is 6.83. The summed E-state index contributed by atoms with van der Waals surface area (Å²) in [5.41, 5.74) is 5.61. The maximum absolute atomic E-state index is 12.3. The first-order valence-corrected chi connectivity index (χ1v) is 8.33. The average Bonchev–Trinajstić information content (AvgIpc) is 2.51. The van der Waals surface area contributed by atoms with Gasteiger partial charge in [0.2, 0.25) is 5.91 Å². The third-order valence-electron chi connectivity index (χ3n) is 4.33. The van der Waals surface area contributed by atoms with Crippen molar-refractivity contribution in [2.45, 2.75) is 46.1 Å². The predicted octanol–water partition coefficient (Wildman–Crippen LogP) is 1.26. The van der Waals surface area contributed by atoms with E-state index in [1.165, 1.54) is 0 Å². The van der Waals surface area contributed by atoms with E-state index in [2.05, 4.69) is 19.2 Å². The van der Waals surface area contributed by atoms with Gasteiger partial charge in [-0.1, -0.05) is 13.8 Å². The Morgan fingerprint density at radius 3 is 2.64 bits per heavy atom. The Morgan fingerprint density at radius 2 is 2.05 bits per heavy atom. The first-order chi connectivity index (χ1) is 10.3. The summed E-state index contributed by atoms with van der Waals surface area (Å²) in [6, 6.07) is 0.0519. The van der Waals surface area contributed by atoms with E-state index < -0.39 is 0 Å². The maximum Gasteiger partial charge on any atom is 0.317 e. The molecule has 0 aliphatic carbocycles. The van der Waals surface area contributed by atoms with Gasteiger partial charge in [0.25, 0.3) is 0 Å². The Balaban J connectivity index is 2.46. The van der Waals surface area contributed by atoms with Gasteiger partial charge in [-0.2, -0.15) is 0 Å². The molecular weight excluding hydrogens is 280 g/mol. The molecule has 0 aromatic heterocycles. The minimum atomic E-state index is -0.00506. The van der Waals surface area contributed by atoms with Crippen molar-refractivity contribution < 1.29 is 9.59 Å². The lowest BCUT2D eigenvalue weighted by atomic mass is 9.94.